The van der Waals surface area contributed by atoms with Crippen LogP contribution in [-0.2, 0) is 5.54 Å². The molecule has 0 aliphatic carbocycles. The van der Waals surface area contributed by atoms with Crippen LogP contribution in [0.2, 0.25) is 0 Å². The molecule has 1 fully saturated rings. The predicted molar refractivity (Wildman–Crippen MR) is 61.7 cm³/mol. The largest absolute Gasteiger partial charge is 0.310 e. The highest BCUT2D eigenvalue weighted by Gasteiger charge is 2.33. The summed E-state index contributed by atoms with van der Waals surface area (Å²) in [6, 6.07) is 4.25. The number of nitrogens with zero attached hydrogens (tertiary/aromatic N) is 2. The van der Waals surface area contributed by atoms with Crippen LogP contribution in [0, 0.1) is 0 Å². The fourth-order valence-corrected chi connectivity index (χ4v) is 2.35. The van der Waals surface area contributed by atoms with E-state index in [1.54, 1.807) is 0 Å². The fourth-order valence-electron chi connectivity index (χ4n) is 2.35. The van der Waals surface area contributed by atoms with E-state index in [4.69, 9.17) is 0 Å². The van der Waals surface area contributed by atoms with E-state index in [1.807, 2.05) is 12.4 Å². The quantitative estimate of drug-likeness (QED) is 0.787. The van der Waals surface area contributed by atoms with Crippen molar-refractivity contribution in [2.75, 3.05) is 27.2 Å². The van der Waals surface area contributed by atoms with E-state index in [0.717, 1.165) is 13.1 Å². The topological polar surface area (TPSA) is 28.2 Å². The summed E-state index contributed by atoms with van der Waals surface area (Å²) >= 11 is 0. The van der Waals surface area contributed by atoms with Gasteiger partial charge in [-0.25, -0.2) is 0 Å². The third-order valence-electron chi connectivity index (χ3n) is 3.55. The van der Waals surface area contributed by atoms with E-state index < -0.39 is 0 Å². The molecule has 0 atom stereocenters. The summed E-state index contributed by atoms with van der Waals surface area (Å²) in [7, 11) is 4.25. The Morgan fingerprint density at radius 3 is 2.40 bits per heavy atom. The van der Waals surface area contributed by atoms with Crippen molar-refractivity contribution < 1.29 is 0 Å². The van der Waals surface area contributed by atoms with Gasteiger partial charge in [0, 0.05) is 17.9 Å². The average Bonchev–Trinajstić information content (AvgIpc) is 2.32. The number of nitrogens with one attached hydrogen (secondary N) is 1. The van der Waals surface area contributed by atoms with Crippen molar-refractivity contribution >= 4 is 0 Å². The van der Waals surface area contributed by atoms with E-state index in [0.29, 0.717) is 0 Å². The first-order valence-corrected chi connectivity index (χ1v) is 5.55. The Kier molecular flexibility index (Phi) is 3.03. The molecule has 0 unspecified atom stereocenters. The van der Waals surface area contributed by atoms with Gasteiger partial charge in [0.2, 0.25) is 0 Å². The molecule has 0 spiro atoms. The maximum Gasteiger partial charge on any atom is 0.0457 e. The van der Waals surface area contributed by atoms with Crippen molar-refractivity contribution in [3.8, 4) is 0 Å². The Hall–Kier alpha value is -0.930. The molecular formula is C12H19N3. The number of hydrogen-bond donors (Lipinski definition) is 1. The van der Waals surface area contributed by atoms with E-state index >= 15 is 0 Å². The maximum atomic E-state index is 4.08. The van der Waals surface area contributed by atoms with Gasteiger partial charge in [0.15, 0.2) is 0 Å². The van der Waals surface area contributed by atoms with Gasteiger partial charge in [-0.05, 0) is 57.7 Å². The number of likely N-dealkylation sites (tertiary alicyclic amines) is 1. The van der Waals surface area contributed by atoms with Gasteiger partial charge in [0.05, 0.1) is 0 Å². The third-order valence-corrected chi connectivity index (χ3v) is 3.55. The molecule has 0 aromatic carbocycles. The predicted octanol–water partition coefficient (Wildman–Crippen LogP) is 1.22. The lowest BCUT2D eigenvalue weighted by atomic mass is 9.81. The average molecular weight is 205 g/mol. The van der Waals surface area contributed by atoms with Gasteiger partial charge < -0.3 is 10.2 Å². The number of aromatic nitrogens is 1. The molecule has 1 N–H and O–H groups in total. The first kappa shape index (κ1) is 10.6. The van der Waals surface area contributed by atoms with Crippen LogP contribution in [0.5, 0.6) is 0 Å². The molecule has 1 saturated heterocycles. The number of pyridine rings is 1. The number of hydrogen-bond acceptors (Lipinski definition) is 3. The molecule has 2 rings (SSSR count). The van der Waals surface area contributed by atoms with Gasteiger partial charge in [-0.2, -0.15) is 0 Å². The van der Waals surface area contributed by atoms with Crippen molar-refractivity contribution in [3.63, 3.8) is 0 Å². The Morgan fingerprint density at radius 2 is 1.87 bits per heavy atom. The molecule has 1 aromatic rings. The zero-order valence-corrected chi connectivity index (χ0v) is 9.53. The van der Waals surface area contributed by atoms with Crippen LogP contribution >= 0.6 is 0 Å². The molecule has 82 valence electrons. The highest BCUT2D eigenvalue weighted by Crippen LogP contribution is 2.31. The first-order valence-electron chi connectivity index (χ1n) is 5.55. The fraction of sp³-hybridized carbons (Fsp3) is 0.583. The highest BCUT2D eigenvalue weighted by atomic mass is 15.1. The van der Waals surface area contributed by atoms with Crippen LogP contribution in [0.25, 0.3) is 0 Å². The van der Waals surface area contributed by atoms with Crippen LogP contribution in [-0.4, -0.2) is 37.1 Å². The molecule has 0 saturated carbocycles. The summed E-state index contributed by atoms with van der Waals surface area (Å²) in [6.45, 7) is 2.31. The van der Waals surface area contributed by atoms with Gasteiger partial charge in [0.1, 0.15) is 0 Å². The molecule has 2 heterocycles. The summed E-state index contributed by atoms with van der Waals surface area (Å²) in [6.07, 6.45) is 6.10. The van der Waals surface area contributed by atoms with Gasteiger partial charge in [0.25, 0.3) is 0 Å². The number of piperidine rings is 1. The molecule has 0 bridgehead atoms. The van der Waals surface area contributed by atoms with Crippen LogP contribution in [0.4, 0.5) is 0 Å². The minimum atomic E-state index is 0.162. The summed E-state index contributed by atoms with van der Waals surface area (Å²) in [5.74, 6) is 0. The molecule has 1 aliphatic rings. The smallest absolute Gasteiger partial charge is 0.0457 e. The summed E-state index contributed by atoms with van der Waals surface area (Å²) in [4.78, 5) is 6.47. The molecular weight excluding hydrogens is 186 g/mol. The Bertz CT molecular complexity index is 302. The second-order valence-corrected chi connectivity index (χ2v) is 4.37. The van der Waals surface area contributed by atoms with Gasteiger partial charge in [-0.15, -0.1) is 0 Å². The van der Waals surface area contributed by atoms with Gasteiger partial charge >= 0.3 is 0 Å². The second kappa shape index (κ2) is 4.29. The van der Waals surface area contributed by atoms with Crippen LogP contribution in [0.3, 0.4) is 0 Å². The zero-order chi connectivity index (χ0) is 10.7. The lowest BCUT2D eigenvalue weighted by molar-refractivity contribution is 0.164. The Balaban J connectivity index is 2.23. The minimum absolute atomic E-state index is 0.162. The van der Waals surface area contributed by atoms with E-state index in [1.165, 1.54) is 18.4 Å². The van der Waals surface area contributed by atoms with E-state index in [-0.39, 0.29) is 5.54 Å². The van der Waals surface area contributed by atoms with Crippen molar-refractivity contribution in [2.24, 2.45) is 0 Å². The third kappa shape index (κ3) is 2.03. The summed E-state index contributed by atoms with van der Waals surface area (Å²) in [5.41, 5.74) is 1.53. The molecule has 3 nitrogen and oxygen atoms in total. The second-order valence-electron chi connectivity index (χ2n) is 4.37. The molecule has 0 amide bonds. The SMILES string of the molecule is CNC1(c2ccncc2)CCN(C)CC1. The maximum absolute atomic E-state index is 4.08. The standard InChI is InChI=1S/C12H19N3/c1-13-12(5-9-15(2)10-6-12)11-3-7-14-8-4-11/h3-4,7-8,13H,5-6,9-10H2,1-2H3. The minimum Gasteiger partial charge on any atom is -0.310 e. The first-order chi connectivity index (χ1) is 7.27. The van der Waals surface area contributed by atoms with Crippen molar-refractivity contribution in [3.05, 3.63) is 30.1 Å². The van der Waals surface area contributed by atoms with Gasteiger partial charge in [-0.1, -0.05) is 0 Å². The Morgan fingerprint density at radius 1 is 1.27 bits per heavy atom. The monoisotopic (exact) mass is 205 g/mol. The normalized spacial score (nSPS) is 21.5. The molecule has 3 heteroatoms. The van der Waals surface area contributed by atoms with E-state index in [9.17, 15) is 0 Å². The molecule has 15 heavy (non-hydrogen) atoms. The molecule has 1 aromatic heterocycles. The molecule has 1 aliphatic heterocycles. The molecule has 0 radical (unpaired) electrons. The zero-order valence-electron chi connectivity index (χ0n) is 9.53. The van der Waals surface area contributed by atoms with Crippen LogP contribution in [0.15, 0.2) is 24.5 Å². The van der Waals surface area contributed by atoms with Crippen molar-refractivity contribution in [1.29, 1.82) is 0 Å². The lowest BCUT2D eigenvalue weighted by Gasteiger charge is -2.41. The van der Waals surface area contributed by atoms with Crippen LogP contribution < -0.4 is 5.32 Å². The van der Waals surface area contributed by atoms with E-state index in [2.05, 4.69) is 41.4 Å². The lowest BCUT2D eigenvalue weighted by Crippen LogP contribution is -2.48. The van der Waals surface area contributed by atoms with Gasteiger partial charge in [-0.3, -0.25) is 4.98 Å². The highest BCUT2D eigenvalue weighted by molar-refractivity contribution is 5.22. The van der Waals surface area contributed by atoms with Crippen molar-refractivity contribution in [2.45, 2.75) is 18.4 Å². The Labute approximate surface area is 91.5 Å². The van der Waals surface area contributed by atoms with Crippen LogP contribution in [0.1, 0.15) is 18.4 Å². The van der Waals surface area contributed by atoms with Crippen molar-refractivity contribution in [1.82, 2.24) is 15.2 Å². The summed E-state index contributed by atoms with van der Waals surface area (Å²) < 4.78 is 0. The summed E-state index contributed by atoms with van der Waals surface area (Å²) in [5, 5.41) is 3.50. The number of rotatable bonds is 2.